The number of halogens is 2. The number of fused-ring (bicyclic) bond motifs is 1. The highest BCUT2D eigenvalue weighted by atomic mass is 19.3. The van der Waals surface area contributed by atoms with Crippen LogP contribution in [0.2, 0.25) is 0 Å². The molecule has 0 radical (unpaired) electrons. The number of carbonyl (C=O) groups is 1. The summed E-state index contributed by atoms with van der Waals surface area (Å²) >= 11 is 0. The van der Waals surface area contributed by atoms with E-state index in [-0.39, 0.29) is 24.4 Å². The van der Waals surface area contributed by atoms with Crippen LogP contribution in [-0.4, -0.2) is 63.1 Å². The van der Waals surface area contributed by atoms with E-state index >= 15 is 0 Å². The highest BCUT2D eigenvalue weighted by molar-refractivity contribution is 5.79. The number of carbonyl (C=O) groups excluding carboxylic acids is 1. The van der Waals surface area contributed by atoms with Crippen molar-refractivity contribution in [1.82, 2.24) is 24.6 Å². The van der Waals surface area contributed by atoms with Gasteiger partial charge in [0.1, 0.15) is 5.82 Å². The molecule has 0 saturated carbocycles. The smallest absolute Gasteiger partial charge is 0.251 e. The molecule has 1 atom stereocenters. The molecular weight excluding hydrogens is 352 g/mol. The van der Waals surface area contributed by atoms with Crippen molar-refractivity contribution in [2.45, 2.75) is 70.4 Å². The van der Waals surface area contributed by atoms with Gasteiger partial charge in [-0.2, -0.15) is 0 Å². The van der Waals surface area contributed by atoms with E-state index in [0.29, 0.717) is 25.9 Å². The summed E-state index contributed by atoms with van der Waals surface area (Å²) in [4.78, 5) is 16.9. The maximum Gasteiger partial charge on any atom is 0.251 e. The fraction of sp³-hybridized carbons (Fsp3) is 0.842. The minimum Gasteiger partial charge on any atom is -0.332 e. The van der Waals surface area contributed by atoms with Gasteiger partial charge < -0.3 is 9.47 Å². The van der Waals surface area contributed by atoms with E-state index < -0.39 is 6.43 Å². The zero-order valence-electron chi connectivity index (χ0n) is 15.8. The van der Waals surface area contributed by atoms with Crippen molar-refractivity contribution < 1.29 is 13.6 Å². The van der Waals surface area contributed by atoms with E-state index in [9.17, 15) is 13.6 Å². The summed E-state index contributed by atoms with van der Waals surface area (Å²) in [6.45, 7) is 2.70. The van der Waals surface area contributed by atoms with Crippen LogP contribution in [0.15, 0.2) is 0 Å². The molecule has 4 rings (SSSR count). The summed E-state index contributed by atoms with van der Waals surface area (Å²) in [5.74, 6) is 2.14. The van der Waals surface area contributed by atoms with E-state index in [2.05, 4.69) is 14.8 Å². The predicted octanol–water partition coefficient (Wildman–Crippen LogP) is 2.65. The van der Waals surface area contributed by atoms with Crippen molar-refractivity contribution in [3.8, 4) is 0 Å². The zero-order chi connectivity index (χ0) is 18.8. The van der Waals surface area contributed by atoms with E-state index in [4.69, 9.17) is 0 Å². The summed E-state index contributed by atoms with van der Waals surface area (Å²) in [5.41, 5.74) is 0. The van der Waals surface area contributed by atoms with E-state index in [1.165, 1.54) is 6.42 Å². The molecule has 0 spiro atoms. The first-order chi connectivity index (χ1) is 13.1. The number of alkyl halides is 2. The molecule has 2 fully saturated rings. The van der Waals surface area contributed by atoms with Crippen LogP contribution in [0.4, 0.5) is 8.78 Å². The molecule has 1 amide bonds. The first kappa shape index (κ1) is 18.8. The molecule has 3 aliphatic rings. The Bertz CT molecular complexity index is 657. The van der Waals surface area contributed by atoms with Gasteiger partial charge in [0, 0.05) is 25.4 Å². The van der Waals surface area contributed by atoms with Gasteiger partial charge in [-0.25, -0.2) is 8.78 Å². The van der Waals surface area contributed by atoms with Crippen molar-refractivity contribution in [2.24, 2.45) is 5.92 Å². The molecule has 1 aromatic rings. The number of amides is 1. The van der Waals surface area contributed by atoms with Crippen LogP contribution in [0.5, 0.6) is 0 Å². The molecule has 8 heteroatoms. The summed E-state index contributed by atoms with van der Waals surface area (Å²) in [6, 6.07) is 0.0240. The standard InChI is InChI=1S/C19H29F2N5O/c20-16(21)13-24-11-7-14(8-12-24)19(27)25-10-4-5-15(25)18-23-22-17-6-2-1-3-9-26(17)18/h14-16H,1-13H2. The molecule has 6 nitrogen and oxygen atoms in total. The Hall–Kier alpha value is -1.57. The lowest BCUT2D eigenvalue weighted by Gasteiger charge is -2.34. The highest BCUT2D eigenvalue weighted by Gasteiger charge is 2.38. The molecule has 0 aliphatic carbocycles. The van der Waals surface area contributed by atoms with Crippen molar-refractivity contribution in [2.75, 3.05) is 26.2 Å². The molecule has 0 bridgehead atoms. The van der Waals surface area contributed by atoms with Gasteiger partial charge in [0.15, 0.2) is 5.82 Å². The second-order valence-corrected chi connectivity index (χ2v) is 8.09. The monoisotopic (exact) mass is 381 g/mol. The van der Waals surface area contributed by atoms with Gasteiger partial charge in [-0.05, 0) is 51.6 Å². The molecule has 4 heterocycles. The predicted molar refractivity (Wildman–Crippen MR) is 96.4 cm³/mol. The van der Waals surface area contributed by atoms with E-state index in [0.717, 1.165) is 56.8 Å². The first-order valence-corrected chi connectivity index (χ1v) is 10.4. The third kappa shape index (κ3) is 4.00. The topological polar surface area (TPSA) is 54.3 Å². The summed E-state index contributed by atoms with van der Waals surface area (Å²) < 4.78 is 27.4. The Morgan fingerprint density at radius 3 is 2.59 bits per heavy atom. The van der Waals surface area contributed by atoms with Crippen LogP contribution in [0, 0.1) is 5.92 Å². The van der Waals surface area contributed by atoms with Crippen LogP contribution in [0.3, 0.4) is 0 Å². The first-order valence-electron chi connectivity index (χ1n) is 10.4. The molecule has 2 saturated heterocycles. The van der Waals surface area contributed by atoms with E-state index in [1.54, 1.807) is 4.90 Å². The molecule has 1 unspecified atom stereocenters. The Balaban J connectivity index is 1.43. The summed E-state index contributed by atoms with van der Waals surface area (Å²) in [5, 5.41) is 8.87. The number of piperidine rings is 1. The second-order valence-electron chi connectivity index (χ2n) is 8.09. The average Bonchev–Trinajstić information content (AvgIpc) is 3.22. The zero-order valence-corrected chi connectivity index (χ0v) is 15.8. The maximum absolute atomic E-state index is 13.2. The normalized spacial score (nSPS) is 25.0. The molecule has 150 valence electrons. The van der Waals surface area contributed by atoms with Gasteiger partial charge in [0.2, 0.25) is 5.91 Å². The van der Waals surface area contributed by atoms with E-state index in [1.807, 2.05) is 4.90 Å². The van der Waals surface area contributed by atoms with Gasteiger partial charge in [0.25, 0.3) is 6.43 Å². The van der Waals surface area contributed by atoms with Crippen LogP contribution in [-0.2, 0) is 17.8 Å². The lowest BCUT2D eigenvalue weighted by atomic mass is 9.95. The highest BCUT2D eigenvalue weighted by Crippen LogP contribution is 2.35. The SMILES string of the molecule is O=C(C1CCN(CC(F)F)CC1)N1CCCC1c1nnc2n1CCCCC2. The Kier molecular flexibility index (Phi) is 5.71. The molecule has 0 aromatic carbocycles. The van der Waals surface area contributed by atoms with Gasteiger partial charge in [-0.3, -0.25) is 9.69 Å². The molecular formula is C19H29F2N5O. The summed E-state index contributed by atoms with van der Waals surface area (Å²) in [7, 11) is 0. The third-order valence-corrected chi connectivity index (χ3v) is 6.31. The van der Waals surface area contributed by atoms with Crippen LogP contribution in [0.1, 0.15) is 62.6 Å². The molecule has 3 aliphatic heterocycles. The Morgan fingerprint density at radius 2 is 1.81 bits per heavy atom. The fourth-order valence-corrected chi connectivity index (χ4v) is 4.85. The van der Waals surface area contributed by atoms with Gasteiger partial charge in [-0.15, -0.1) is 10.2 Å². The number of likely N-dealkylation sites (tertiary alicyclic amines) is 2. The van der Waals surface area contributed by atoms with Gasteiger partial charge >= 0.3 is 0 Å². The Labute approximate surface area is 158 Å². The van der Waals surface area contributed by atoms with Crippen molar-refractivity contribution in [1.29, 1.82) is 0 Å². The summed E-state index contributed by atoms with van der Waals surface area (Å²) in [6.07, 6.45) is 5.45. The molecule has 27 heavy (non-hydrogen) atoms. The van der Waals surface area contributed by atoms with Crippen molar-refractivity contribution >= 4 is 5.91 Å². The van der Waals surface area contributed by atoms with Gasteiger partial charge in [-0.1, -0.05) is 6.42 Å². The largest absolute Gasteiger partial charge is 0.332 e. The number of hydrogen-bond acceptors (Lipinski definition) is 4. The maximum atomic E-state index is 13.2. The quantitative estimate of drug-likeness (QED) is 0.805. The van der Waals surface area contributed by atoms with Crippen molar-refractivity contribution in [3.05, 3.63) is 11.6 Å². The molecule has 1 aromatic heterocycles. The van der Waals surface area contributed by atoms with Crippen LogP contribution >= 0.6 is 0 Å². The van der Waals surface area contributed by atoms with Crippen molar-refractivity contribution in [3.63, 3.8) is 0 Å². The number of nitrogens with zero attached hydrogens (tertiary/aromatic N) is 5. The van der Waals surface area contributed by atoms with Crippen LogP contribution < -0.4 is 0 Å². The fourth-order valence-electron chi connectivity index (χ4n) is 4.85. The average molecular weight is 381 g/mol. The minimum absolute atomic E-state index is 0.0240. The lowest BCUT2D eigenvalue weighted by molar-refractivity contribution is -0.138. The number of aryl methyl sites for hydroxylation is 1. The third-order valence-electron chi connectivity index (χ3n) is 6.31. The van der Waals surface area contributed by atoms with Crippen LogP contribution in [0.25, 0.3) is 0 Å². The number of hydrogen-bond donors (Lipinski definition) is 0. The number of rotatable bonds is 4. The second kappa shape index (κ2) is 8.20. The number of aromatic nitrogens is 3. The Morgan fingerprint density at radius 1 is 1.00 bits per heavy atom. The lowest BCUT2D eigenvalue weighted by Crippen LogP contribution is -2.43. The molecule has 0 N–H and O–H groups in total. The van der Waals surface area contributed by atoms with Gasteiger partial charge in [0.05, 0.1) is 12.6 Å². The minimum atomic E-state index is -2.30.